The number of ketones is 2. The van der Waals surface area contributed by atoms with Gasteiger partial charge in [0.15, 0.2) is 17.2 Å². The first-order valence-electron chi connectivity index (χ1n) is 14.0. The van der Waals surface area contributed by atoms with Crippen LogP contribution in [0.5, 0.6) is 5.75 Å². The number of hydrogen-bond acceptors (Lipinski definition) is 11. The number of imide groups is 1. The molecule has 1 aliphatic heterocycles. The van der Waals surface area contributed by atoms with Crippen molar-refractivity contribution in [1.29, 1.82) is 0 Å². The van der Waals surface area contributed by atoms with Crippen LogP contribution >= 0.6 is 0 Å². The van der Waals surface area contributed by atoms with E-state index in [0.717, 1.165) is 4.90 Å². The summed E-state index contributed by atoms with van der Waals surface area (Å²) < 4.78 is 0. The number of aliphatic hydroxyl groups excluding tert-OH is 3. The molecule has 2 unspecified atom stereocenters. The fourth-order valence-electron chi connectivity index (χ4n) is 7.70. The summed E-state index contributed by atoms with van der Waals surface area (Å²) in [4.78, 5) is 68.1. The van der Waals surface area contributed by atoms with E-state index in [1.807, 2.05) is 0 Å². The Hall–Kier alpha value is -4.43. The first-order valence-corrected chi connectivity index (χ1v) is 14.0. The van der Waals surface area contributed by atoms with Crippen LogP contribution in [0, 0.1) is 17.8 Å². The third-order valence-corrected chi connectivity index (χ3v) is 9.79. The molecule has 1 fully saturated rings. The Morgan fingerprint density at radius 2 is 1.57 bits per heavy atom. The molecule has 2 aromatic carbocycles. The van der Waals surface area contributed by atoms with Crippen molar-refractivity contribution in [3.8, 4) is 5.75 Å². The van der Waals surface area contributed by atoms with Gasteiger partial charge in [0, 0.05) is 29.0 Å². The van der Waals surface area contributed by atoms with Crippen LogP contribution in [0.4, 0.5) is 0 Å². The van der Waals surface area contributed by atoms with Crippen molar-refractivity contribution in [2.75, 3.05) is 14.1 Å². The van der Waals surface area contributed by atoms with Crippen LogP contribution in [0.25, 0.3) is 0 Å². The fraction of sp³-hybridized carbons (Fsp3) is 0.387. The average molecular weight is 606 g/mol. The van der Waals surface area contributed by atoms with Crippen LogP contribution < -0.4 is 5.73 Å². The highest BCUT2D eigenvalue weighted by Crippen LogP contribution is 2.56. The summed E-state index contributed by atoms with van der Waals surface area (Å²) in [5.74, 6) is -11.9. The number of hydrogen-bond donors (Lipinski definition) is 6. The number of nitrogens with two attached hydrogens (primary N) is 1. The van der Waals surface area contributed by atoms with Crippen LogP contribution in [0.15, 0.2) is 47.7 Å². The van der Waals surface area contributed by atoms with Gasteiger partial charge < -0.3 is 36.2 Å². The number of aliphatic hydroxyl groups is 4. The average Bonchev–Trinajstić information content (AvgIpc) is 3.20. The van der Waals surface area contributed by atoms with Crippen LogP contribution in [0.1, 0.15) is 55.0 Å². The Labute approximate surface area is 250 Å². The number of primary amides is 1. The predicted molar refractivity (Wildman–Crippen MR) is 150 cm³/mol. The van der Waals surface area contributed by atoms with E-state index in [1.54, 1.807) is 19.1 Å². The number of carbonyl (C=O) groups excluding carboxylic acids is 5. The molecule has 0 bridgehead atoms. The van der Waals surface area contributed by atoms with Gasteiger partial charge in [-0.25, -0.2) is 0 Å². The van der Waals surface area contributed by atoms with Gasteiger partial charge in [-0.15, -0.1) is 0 Å². The maximum atomic E-state index is 14.1. The smallest absolute Gasteiger partial charge is 0.261 e. The van der Waals surface area contributed by atoms with Crippen LogP contribution in [-0.2, 0) is 16.1 Å². The third-order valence-electron chi connectivity index (χ3n) is 9.79. The summed E-state index contributed by atoms with van der Waals surface area (Å²) in [6.45, 7) is 1.25. The van der Waals surface area contributed by atoms with Gasteiger partial charge in [-0.1, -0.05) is 31.2 Å². The van der Waals surface area contributed by atoms with E-state index in [-0.39, 0.29) is 34.4 Å². The molecule has 13 nitrogen and oxygen atoms in total. The van der Waals surface area contributed by atoms with Crippen molar-refractivity contribution >= 4 is 29.3 Å². The number of rotatable bonds is 4. The number of fused-ring (bicyclic) bond motifs is 4. The minimum Gasteiger partial charge on any atom is -0.508 e. The summed E-state index contributed by atoms with van der Waals surface area (Å²) in [6.07, 6.45) is -3.42. The van der Waals surface area contributed by atoms with Gasteiger partial charge in [-0.2, -0.15) is 0 Å². The summed E-state index contributed by atoms with van der Waals surface area (Å²) in [6, 6.07) is 7.96. The van der Waals surface area contributed by atoms with Gasteiger partial charge >= 0.3 is 0 Å². The lowest BCUT2D eigenvalue weighted by molar-refractivity contribution is -0.194. The van der Waals surface area contributed by atoms with Crippen molar-refractivity contribution < 1.29 is 49.5 Å². The minimum atomic E-state index is -2.97. The van der Waals surface area contributed by atoms with Gasteiger partial charge in [-0.05, 0) is 37.7 Å². The molecule has 3 aliphatic carbocycles. The molecule has 6 rings (SSSR count). The normalized spacial score (nSPS) is 32.9. The minimum absolute atomic E-state index is 0.0450. The molecule has 8 atom stereocenters. The van der Waals surface area contributed by atoms with E-state index < -0.39 is 93.9 Å². The third kappa shape index (κ3) is 3.63. The zero-order valence-electron chi connectivity index (χ0n) is 24.0. The van der Waals surface area contributed by atoms with Crippen LogP contribution in [0.2, 0.25) is 0 Å². The molecule has 44 heavy (non-hydrogen) atoms. The van der Waals surface area contributed by atoms with Crippen molar-refractivity contribution in [3.05, 3.63) is 75.5 Å². The van der Waals surface area contributed by atoms with Gasteiger partial charge in [0.25, 0.3) is 11.8 Å². The summed E-state index contributed by atoms with van der Waals surface area (Å²) in [5, 5.41) is 57.5. The van der Waals surface area contributed by atoms with Gasteiger partial charge in [0.05, 0.1) is 35.4 Å². The molecule has 1 heterocycles. The lowest BCUT2D eigenvalue weighted by Crippen LogP contribution is -2.74. The maximum Gasteiger partial charge on any atom is 0.261 e. The zero-order chi connectivity index (χ0) is 32.2. The number of aromatic hydroxyl groups is 1. The van der Waals surface area contributed by atoms with Gasteiger partial charge in [-0.3, -0.25) is 28.9 Å². The lowest BCUT2D eigenvalue weighted by atomic mass is 9.53. The molecule has 3 amide bonds. The quantitative estimate of drug-likeness (QED) is 0.195. The molecule has 1 saturated carbocycles. The number of Topliss-reactive ketones (excluding diaryl/α,β-unsaturated/α-hetero) is 2. The first kappa shape index (κ1) is 29.6. The summed E-state index contributed by atoms with van der Waals surface area (Å²) in [7, 11) is 2.98. The molecular weight excluding hydrogens is 574 g/mol. The Bertz CT molecular complexity index is 1680. The Morgan fingerprint density at radius 1 is 0.977 bits per heavy atom. The second-order valence-corrected chi connectivity index (χ2v) is 12.2. The lowest BCUT2D eigenvalue weighted by Gasteiger charge is -2.56. The fourth-order valence-corrected chi connectivity index (χ4v) is 7.70. The molecule has 0 spiro atoms. The Kier molecular flexibility index (Phi) is 6.59. The van der Waals surface area contributed by atoms with Crippen LogP contribution in [-0.4, -0.2) is 103 Å². The molecule has 0 saturated heterocycles. The first-order chi connectivity index (χ1) is 20.7. The topological polar surface area (TPSA) is 219 Å². The van der Waals surface area contributed by atoms with Crippen molar-refractivity contribution in [2.45, 2.75) is 43.2 Å². The number of likely N-dealkylation sites (N-methyl/N-ethyl adjacent to an activating group) is 1. The highest BCUT2D eigenvalue weighted by atomic mass is 16.4. The summed E-state index contributed by atoms with van der Waals surface area (Å²) >= 11 is 0. The number of phenolic OH excluding ortho intramolecular Hbond substituents is 1. The van der Waals surface area contributed by atoms with E-state index in [9.17, 15) is 49.5 Å². The largest absolute Gasteiger partial charge is 0.508 e. The number of carbonyl (C=O) groups is 5. The second kappa shape index (κ2) is 9.79. The maximum absolute atomic E-state index is 14.1. The molecule has 230 valence electrons. The van der Waals surface area contributed by atoms with E-state index in [1.165, 1.54) is 43.3 Å². The molecule has 4 aliphatic rings. The monoisotopic (exact) mass is 605 g/mol. The predicted octanol–water partition coefficient (Wildman–Crippen LogP) is -0.386. The second-order valence-electron chi connectivity index (χ2n) is 12.2. The molecule has 0 radical (unpaired) electrons. The Morgan fingerprint density at radius 3 is 2.11 bits per heavy atom. The van der Waals surface area contributed by atoms with E-state index in [0.29, 0.717) is 0 Å². The number of phenols is 1. The zero-order valence-corrected chi connectivity index (χ0v) is 24.0. The van der Waals surface area contributed by atoms with Crippen LogP contribution in [0.3, 0.4) is 0 Å². The number of nitrogens with zero attached hydrogens (tertiary/aromatic N) is 2. The molecule has 7 N–H and O–H groups in total. The van der Waals surface area contributed by atoms with Gasteiger partial charge in [0.1, 0.15) is 17.4 Å². The number of benzene rings is 2. The van der Waals surface area contributed by atoms with E-state index >= 15 is 0 Å². The molecule has 2 aromatic rings. The highest BCUT2D eigenvalue weighted by Gasteiger charge is 2.69. The summed E-state index contributed by atoms with van der Waals surface area (Å²) in [5.41, 5.74) is 2.33. The molecular formula is C31H31N3O10. The van der Waals surface area contributed by atoms with Crippen molar-refractivity contribution in [2.24, 2.45) is 23.5 Å². The van der Waals surface area contributed by atoms with Crippen molar-refractivity contribution in [1.82, 2.24) is 9.80 Å². The SMILES string of the molecule is C[C@H]1c2ccc(CN3C(=O)c4ccccc4C3=O)c(O)c2C(=O)C2=C(O)[C@]3(O)C(=O)C(C(N)=O)C(O)[C@@H](N(C)C)[C@@H]3[C@@H](O)[C@@H]21. The molecule has 0 aromatic heterocycles. The van der Waals surface area contributed by atoms with E-state index in [2.05, 4.69) is 0 Å². The van der Waals surface area contributed by atoms with Gasteiger partial charge in [0.2, 0.25) is 5.91 Å². The highest BCUT2D eigenvalue weighted by molar-refractivity contribution is 6.21. The Balaban J connectivity index is 1.47. The van der Waals surface area contributed by atoms with Crippen molar-refractivity contribution in [3.63, 3.8) is 0 Å². The standard InChI is InChI=1S/C31H31N3O10/c1-11-13-9-8-12(10-34-29(42)14-6-4-5-7-15(14)30(34)43)22(35)17(13)23(36)18-16(11)24(37)20-21(33(2)3)25(38)19(28(32)41)27(40)31(20,44)26(18)39/h4-9,11,16,19-21,24-25,35,37-39,44H,10H2,1-3H3,(H2,32,41)/t11-,16+,19?,20+,21-,24-,25?,31-/m0/s1. The number of amides is 3. The van der Waals surface area contributed by atoms with E-state index in [4.69, 9.17) is 5.73 Å². The molecule has 13 heteroatoms.